The normalized spacial score (nSPS) is 18.1. The molecule has 0 radical (unpaired) electrons. The summed E-state index contributed by atoms with van der Waals surface area (Å²) < 4.78 is 0. The maximum atomic E-state index is 14.2. The van der Waals surface area contributed by atoms with Crippen LogP contribution in [0.15, 0.2) is 43.0 Å². The van der Waals surface area contributed by atoms with Crippen LogP contribution in [0.1, 0.15) is 91.8 Å². The molecule has 5 rings (SSSR count). The average molecular weight is 1190 g/mol. The monoisotopic (exact) mass is 1190 g/mol. The minimum Gasteiger partial charge on any atom is -0.480 e. The van der Waals surface area contributed by atoms with Gasteiger partial charge in [0.05, 0.1) is 32.1 Å². The van der Waals surface area contributed by atoms with Crippen molar-refractivity contribution in [3.63, 3.8) is 0 Å². The number of imidazole rings is 1. The molecule has 3 aromatic rings. The van der Waals surface area contributed by atoms with E-state index in [9.17, 15) is 72.9 Å². The predicted octanol–water partition coefficient (Wildman–Crippen LogP) is -4.19. The molecule has 11 atom stereocenters. The topological polar surface area (TPSA) is 451 Å². The van der Waals surface area contributed by atoms with E-state index in [1.807, 2.05) is 6.07 Å². The zero-order valence-electron chi connectivity index (χ0n) is 48.7. The number of H-pyrrole nitrogens is 2. The smallest absolute Gasteiger partial charge is 0.325 e. The number of hydrogen-bond donors (Lipinski definition) is 15. The van der Waals surface area contributed by atoms with Crippen molar-refractivity contribution in [2.75, 3.05) is 32.8 Å². The van der Waals surface area contributed by atoms with Gasteiger partial charge in [-0.05, 0) is 76.3 Å². The highest BCUT2D eigenvalue weighted by Gasteiger charge is 2.41. The number of aliphatic carboxylic acids is 1. The number of aliphatic hydroxyl groups excluding tert-OH is 2. The number of amides is 11. The van der Waals surface area contributed by atoms with E-state index in [1.165, 1.54) is 43.1 Å². The highest BCUT2D eigenvalue weighted by atomic mass is 16.4. The zero-order chi connectivity index (χ0) is 62.8. The lowest BCUT2D eigenvalue weighted by molar-refractivity contribution is -0.142. The SMILES string of the molecule is CC(C)C[C@H](NC(=O)[C@H](C)NC(=O)[C@@H](NC(=O)CNC(=O)[C@H](Cc1c[nH]c2ccccc12)NC(=O)[C@@H]1CCCN1C(=O)[C@H](C)NC(=O)[C@H](CO)NC(=O)[C@H](CO)NC(=O)[C@@H]1CCCN1C(=O)[C@@H](N)Cc1cnc[nH]1)C(C)C)C(=O)N[C@@H](C)C(=O)O. The molecule has 466 valence electrons. The van der Waals surface area contributed by atoms with Crippen molar-refractivity contribution in [2.45, 2.75) is 160 Å². The fourth-order valence-corrected chi connectivity index (χ4v) is 9.88. The minimum atomic E-state index is -1.69. The number of hydrogen-bond acceptors (Lipinski definition) is 16. The predicted molar refractivity (Wildman–Crippen MR) is 303 cm³/mol. The second-order valence-electron chi connectivity index (χ2n) is 22.1. The van der Waals surface area contributed by atoms with Crippen molar-refractivity contribution in [2.24, 2.45) is 17.6 Å². The van der Waals surface area contributed by atoms with Gasteiger partial charge in [0.1, 0.15) is 60.4 Å². The summed E-state index contributed by atoms with van der Waals surface area (Å²) in [6.07, 6.45) is 5.99. The Morgan fingerprint density at radius 1 is 0.624 bits per heavy atom. The van der Waals surface area contributed by atoms with E-state index in [0.717, 1.165) is 10.9 Å². The summed E-state index contributed by atoms with van der Waals surface area (Å²) in [6, 6.07) is -6.78. The third-order valence-corrected chi connectivity index (χ3v) is 14.6. The third-order valence-electron chi connectivity index (χ3n) is 14.6. The van der Waals surface area contributed by atoms with E-state index in [0.29, 0.717) is 24.1 Å². The minimum absolute atomic E-state index is 0.0622. The standard InChI is InChI=1S/C55H81N15O15/c1-27(2)18-37(47(76)63-31(7)55(84)85)64-45(74)29(5)61-52(81)44(28(3)4)68-43(73)23-59-46(75)38(19-32-21-58-36-13-9-8-12-34(32)36)65-50(79)41-14-10-16-69(41)53(82)30(6)62-48(77)39(24-71)66-49(78)40(25-72)67-51(80)42-15-11-17-70(42)54(83)35(56)20-33-22-57-26-60-33/h8-9,12-13,21-22,26-31,35,37-42,44,58,71-72H,10-11,14-20,23-25,56H2,1-7H3,(H,57,60)(H,59,75)(H,61,81)(H,62,77)(H,63,76)(H,64,74)(H,65,79)(H,66,78)(H,67,80)(H,68,73)(H,84,85)/t29-,30-,31-,35-,37-,38-,39-,40-,41-,42-,44-/m0/s1. The number of aliphatic hydroxyl groups is 2. The first-order valence-electron chi connectivity index (χ1n) is 28.3. The Kier molecular flexibility index (Phi) is 24.9. The summed E-state index contributed by atoms with van der Waals surface area (Å²) in [6.45, 7) is 8.51. The number of carboxylic acids is 1. The lowest BCUT2D eigenvalue weighted by atomic mass is 10.0. The number of nitrogens with zero attached hydrogens (tertiary/aromatic N) is 3. The van der Waals surface area contributed by atoms with Crippen LogP contribution in [0.25, 0.3) is 10.9 Å². The van der Waals surface area contributed by atoms with Gasteiger partial charge in [0.2, 0.25) is 65.0 Å². The third kappa shape index (κ3) is 18.7. The second-order valence-corrected chi connectivity index (χ2v) is 22.1. The van der Waals surface area contributed by atoms with Crippen LogP contribution < -0.4 is 53.6 Å². The molecule has 11 amide bonds. The number of carbonyl (C=O) groups is 12. The molecule has 16 N–H and O–H groups in total. The highest BCUT2D eigenvalue weighted by Crippen LogP contribution is 2.23. The van der Waals surface area contributed by atoms with Gasteiger partial charge in [0.25, 0.3) is 0 Å². The van der Waals surface area contributed by atoms with Gasteiger partial charge >= 0.3 is 5.97 Å². The summed E-state index contributed by atoms with van der Waals surface area (Å²) in [7, 11) is 0. The van der Waals surface area contributed by atoms with E-state index >= 15 is 0 Å². The quantitative estimate of drug-likeness (QED) is 0.0301. The van der Waals surface area contributed by atoms with Crippen molar-refractivity contribution in [1.29, 1.82) is 0 Å². The number of aromatic nitrogens is 3. The van der Waals surface area contributed by atoms with Gasteiger partial charge in [-0.15, -0.1) is 0 Å². The number of rotatable bonds is 30. The first-order chi connectivity index (χ1) is 40.2. The Morgan fingerprint density at radius 2 is 1.18 bits per heavy atom. The maximum Gasteiger partial charge on any atom is 0.325 e. The number of nitrogens with one attached hydrogen (secondary N) is 11. The van der Waals surface area contributed by atoms with Crippen LogP contribution in [0, 0.1) is 11.8 Å². The van der Waals surface area contributed by atoms with Crippen molar-refractivity contribution < 1.29 is 72.9 Å². The molecule has 1 aromatic carbocycles. The first kappa shape index (κ1) is 67.3. The summed E-state index contributed by atoms with van der Waals surface area (Å²) in [4.78, 5) is 173. The van der Waals surface area contributed by atoms with Crippen LogP contribution in [0.5, 0.6) is 0 Å². The Hall–Kier alpha value is -8.51. The molecule has 0 unspecified atom stereocenters. The van der Waals surface area contributed by atoms with Crippen LogP contribution in [0.2, 0.25) is 0 Å². The van der Waals surface area contributed by atoms with Gasteiger partial charge in [-0.1, -0.05) is 45.9 Å². The molecule has 30 heteroatoms. The molecule has 2 aliphatic rings. The molecule has 2 aliphatic heterocycles. The van der Waals surface area contributed by atoms with Crippen LogP contribution in [0.4, 0.5) is 0 Å². The van der Waals surface area contributed by atoms with E-state index in [1.54, 1.807) is 52.1 Å². The summed E-state index contributed by atoms with van der Waals surface area (Å²) in [5.74, 6) is -10.6. The van der Waals surface area contributed by atoms with E-state index in [-0.39, 0.29) is 51.1 Å². The van der Waals surface area contributed by atoms with Gasteiger partial charge in [-0.3, -0.25) is 57.5 Å². The molecule has 0 aliphatic carbocycles. The summed E-state index contributed by atoms with van der Waals surface area (Å²) >= 11 is 0. The number of fused-ring (bicyclic) bond motifs is 1. The van der Waals surface area contributed by atoms with Crippen LogP contribution in [-0.2, 0) is 70.4 Å². The fraction of sp³-hybridized carbons (Fsp3) is 0.582. The number of para-hydroxylation sites is 1. The van der Waals surface area contributed by atoms with Crippen LogP contribution in [-0.4, -0.2) is 210 Å². The number of carboxylic acid groups (broad SMARTS) is 1. The van der Waals surface area contributed by atoms with Crippen molar-refractivity contribution in [1.82, 2.24) is 72.6 Å². The van der Waals surface area contributed by atoms with Crippen molar-refractivity contribution >= 4 is 81.9 Å². The Morgan fingerprint density at radius 3 is 1.76 bits per heavy atom. The van der Waals surface area contributed by atoms with Gasteiger partial charge in [-0.2, -0.15) is 0 Å². The maximum absolute atomic E-state index is 14.2. The van der Waals surface area contributed by atoms with E-state index in [2.05, 4.69) is 62.8 Å². The zero-order valence-corrected chi connectivity index (χ0v) is 48.7. The molecule has 0 saturated carbocycles. The van der Waals surface area contributed by atoms with Gasteiger partial charge in [-0.25, -0.2) is 4.98 Å². The summed E-state index contributed by atoms with van der Waals surface area (Å²) in [5.41, 5.74) is 8.10. The fourth-order valence-electron chi connectivity index (χ4n) is 9.88. The molecule has 0 spiro atoms. The second kappa shape index (κ2) is 31.4. The lowest BCUT2D eigenvalue weighted by Gasteiger charge is -2.29. The lowest BCUT2D eigenvalue weighted by Crippen LogP contribution is -2.60. The number of aromatic amines is 2. The molecular formula is C55H81N15O15. The largest absolute Gasteiger partial charge is 0.480 e. The molecule has 0 bridgehead atoms. The molecule has 2 fully saturated rings. The first-order valence-corrected chi connectivity index (χ1v) is 28.3. The van der Waals surface area contributed by atoms with Gasteiger partial charge in [0.15, 0.2) is 0 Å². The molecule has 4 heterocycles. The Labute approximate surface area is 490 Å². The van der Waals surface area contributed by atoms with Crippen molar-refractivity contribution in [3.05, 3.63) is 54.2 Å². The highest BCUT2D eigenvalue weighted by molar-refractivity contribution is 5.99. The Bertz CT molecular complexity index is 2880. The number of likely N-dealkylation sites (tertiary alicyclic amines) is 2. The van der Waals surface area contributed by atoms with Crippen LogP contribution in [0.3, 0.4) is 0 Å². The Balaban J connectivity index is 1.18. The number of carbonyl (C=O) groups excluding carboxylic acids is 11. The van der Waals surface area contributed by atoms with Gasteiger partial charge < -0.3 is 88.7 Å². The number of nitrogens with two attached hydrogens (primary N) is 1. The van der Waals surface area contributed by atoms with Crippen LogP contribution >= 0.6 is 0 Å². The number of benzene rings is 1. The van der Waals surface area contributed by atoms with Gasteiger partial charge in [0, 0.05) is 54.9 Å². The molecule has 85 heavy (non-hydrogen) atoms. The molecule has 2 saturated heterocycles. The molecular weight excluding hydrogens is 1110 g/mol. The van der Waals surface area contributed by atoms with Crippen molar-refractivity contribution in [3.8, 4) is 0 Å². The van der Waals surface area contributed by atoms with E-state index < -0.39 is 163 Å². The average Bonchev–Trinajstić information content (AvgIpc) is 4.55. The molecule has 30 nitrogen and oxygen atoms in total. The summed E-state index contributed by atoms with van der Waals surface area (Å²) in [5, 5.41) is 52.6. The molecule has 2 aromatic heterocycles. The van der Waals surface area contributed by atoms with E-state index in [4.69, 9.17) is 5.73 Å².